The van der Waals surface area contributed by atoms with Gasteiger partial charge >= 0.3 is 0 Å². The number of fused-ring (bicyclic) bond motifs is 5. The van der Waals surface area contributed by atoms with Gasteiger partial charge in [0.05, 0.1) is 33.6 Å². The normalized spacial score (nSPS) is 11.1. The zero-order chi connectivity index (χ0) is 41.1. The third-order valence-electron chi connectivity index (χ3n) is 11.2. The third kappa shape index (κ3) is 7.19. The van der Waals surface area contributed by atoms with Gasteiger partial charge in [-0.2, -0.15) is 0 Å². The van der Waals surface area contributed by atoms with Crippen LogP contribution in [-0.2, 0) is 0 Å². The molecule has 0 fully saturated rings. The molecule has 0 amide bonds. The second-order valence-electron chi connectivity index (χ2n) is 15.2. The predicted molar refractivity (Wildman–Crippen MR) is 257 cm³/mol. The van der Waals surface area contributed by atoms with Crippen LogP contribution in [-0.4, -0.2) is 14.1 Å². The molecule has 0 bridgehead atoms. The smallest absolute Gasteiger partial charge is 0.133 e. The van der Waals surface area contributed by atoms with Crippen molar-refractivity contribution in [3.8, 4) is 45.0 Å². The minimum atomic E-state index is 0.657. The summed E-state index contributed by atoms with van der Waals surface area (Å²) in [5, 5.41) is 7.09. The van der Waals surface area contributed by atoms with E-state index in [1.165, 1.54) is 5.56 Å². The topological polar surface area (TPSA) is 60.8 Å². The van der Waals surface area contributed by atoms with Crippen LogP contribution in [0.5, 0.6) is 0 Å². The molecule has 0 aliphatic carbocycles. The summed E-state index contributed by atoms with van der Waals surface area (Å²) in [4.78, 5) is 5.25. The highest BCUT2D eigenvalue weighted by Gasteiger charge is 2.23. The first-order chi connectivity index (χ1) is 30.1. The monoisotopic (exact) mass is 785 g/mol. The summed E-state index contributed by atoms with van der Waals surface area (Å²) >= 11 is 0. The summed E-state index contributed by atoms with van der Waals surface area (Å²) in [5.74, 6) is 0.657. The Morgan fingerprint density at radius 3 is 1.59 bits per heavy atom. The Hall–Kier alpha value is -8.15. The number of nitrogens with one attached hydrogen (secondary N) is 1. The summed E-state index contributed by atoms with van der Waals surface area (Å²) < 4.78 is 4.53. The van der Waals surface area contributed by atoms with E-state index in [0.29, 0.717) is 5.82 Å². The van der Waals surface area contributed by atoms with Gasteiger partial charge < -0.3 is 15.6 Å². The van der Waals surface area contributed by atoms with Crippen molar-refractivity contribution in [3.05, 3.63) is 230 Å². The molecule has 0 saturated heterocycles. The molecule has 61 heavy (non-hydrogen) atoms. The van der Waals surface area contributed by atoms with Crippen molar-refractivity contribution in [2.75, 3.05) is 11.1 Å². The number of aryl methyl sites for hydroxylation is 1. The fourth-order valence-electron chi connectivity index (χ4n) is 8.36. The summed E-state index contributed by atoms with van der Waals surface area (Å²) in [6, 6.07) is 78.0. The molecule has 0 spiro atoms. The Balaban J connectivity index is 0.000000581. The van der Waals surface area contributed by atoms with E-state index in [4.69, 9.17) is 10.7 Å². The maximum absolute atomic E-state index is 7.13. The highest BCUT2D eigenvalue weighted by molar-refractivity contribution is 6.26. The molecule has 11 rings (SSSR count). The Labute approximate surface area is 355 Å². The van der Waals surface area contributed by atoms with Crippen molar-refractivity contribution >= 4 is 49.9 Å². The van der Waals surface area contributed by atoms with Crippen LogP contribution in [0, 0.1) is 6.92 Å². The fraction of sp³-hybridized carbons (Fsp3) is 0.0179. The molecule has 8 aromatic carbocycles. The molecule has 11 aromatic rings. The molecule has 0 atom stereocenters. The lowest BCUT2D eigenvalue weighted by atomic mass is 10.00. The number of para-hydroxylation sites is 3. The summed E-state index contributed by atoms with van der Waals surface area (Å²) in [6.45, 7) is 2.08. The van der Waals surface area contributed by atoms with Gasteiger partial charge in [0, 0.05) is 44.3 Å². The van der Waals surface area contributed by atoms with Crippen molar-refractivity contribution in [3.63, 3.8) is 0 Å². The number of aromatic nitrogens is 3. The van der Waals surface area contributed by atoms with E-state index in [9.17, 15) is 0 Å². The van der Waals surface area contributed by atoms with E-state index in [-0.39, 0.29) is 0 Å². The lowest BCUT2D eigenvalue weighted by Crippen LogP contribution is -2.01. The van der Waals surface area contributed by atoms with Crippen LogP contribution < -0.4 is 11.1 Å². The number of pyridine rings is 1. The molecule has 5 heteroatoms. The van der Waals surface area contributed by atoms with Crippen LogP contribution in [0.3, 0.4) is 0 Å². The van der Waals surface area contributed by atoms with Gasteiger partial charge in [0.25, 0.3) is 0 Å². The first kappa shape index (κ1) is 37.1. The Bertz CT molecular complexity index is 3210. The van der Waals surface area contributed by atoms with E-state index in [1.54, 1.807) is 0 Å². The van der Waals surface area contributed by atoms with Crippen molar-refractivity contribution in [1.29, 1.82) is 0 Å². The molecule has 3 heterocycles. The molecule has 0 aliphatic heterocycles. The third-order valence-corrected chi connectivity index (χ3v) is 11.2. The maximum atomic E-state index is 7.13. The zero-order valence-electron chi connectivity index (χ0n) is 33.8. The minimum absolute atomic E-state index is 0.657. The van der Waals surface area contributed by atoms with Crippen LogP contribution >= 0.6 is 0 Å². The van der Waals surface area contributed by atoms with E-state index >= 15 is 0 Å². The number of rotatable bonds is 7. The first-order valence-electron chi connectivity index (χ1n) is 20.6. The quantitative estimate of drug-likeness (QED) is 0.169. The maximum Gasteiger partial charge on any atom is 0.133 e. The SMILES string of the molecule is Cc1ccccc1.Nc1c(Nc2ccccc2)c2c3c4ccccc4n(-c4cccc(-c5cc(-c6ccccc6)cc(-c6ccccc6)n5)c4)c3ccc2n1-c1ccccc1. The second-order valence-corrected chi connectivity index (χ2v) is 15.2. The zero-order valence-corrected chi connectivity index (χ0v) is 33.8. The van der Waals surface area contributed by atoms with Gasteiger partial charge in [0.2, 0.25) is 0 Å². The number of hydrogen-bond donors (Lipinski definition) is 2. The van der Waals surface area contributed by atoms with Crippen LogP contribution in [0.25, 0.3) is 77.7 Å². The number of nitrogen functional groups attached to an aromatic ring is 1. The van der Waals surface area contributed by atoms with Crippen LogP contribution in [0.4, 0.5) is 17.2 Å². The van der Waals surface area contributed by atoms with Gasteiger partial charge in [-0.3, -0.25) is 4.57 Å². The molecule has 0 unspecified atom stereocenters. The van der Waals surface area contributed by atoms with Crippen molar-refractivity contribution in [2.45, 2.75) is 6.92 Å². The van der Waals surface area contributed by atoms with Crippen LogP contribution in [0.1, 0.15) is 5.56 Å². The molecule has 5 nitrogen and oxygen atoms in total. The van der Waals surface area contributed by atoms with E-state index in [2.05, 4.69) is 197 Å². The fourth-order valence-corrected chi connectivity index (χ4v) is 8.36. The highest BCUT2D eigenvalue weighted by atomic mass is 15.1. The molecule has 3 N–H and O–H groups in total. The summed E-state index contributed by atoms with van der Waals surface area (Å²) in [7, 11) is 0. The van der Waals surface area contributed by atoms with E-state index < -0.39 is 0 Å². The van der Waals surface area contributed by atoms with E-state index in [1.807, 2.05) is 48.5 Å². The number of anilines is 3. The average molecular weight is 786 g/mol. The van der Waals surface area contributed by atoms with Gasteiger partial charge in [-0.05, 0) is 84.8 Å². The summed E-state index contributed by atoms with van der Waals surface area (Å²) in [6.07, 6.45) is 0. The molecule has 3 aromatic heterocycles. The van der Waals surface area contributed by atoms with Gasteiger partial charge in [0.15, 0.2) is 0 Å². The molecule has 0 aliphatic rings. The standard InChI is InChI=1S/C49H35N5.C7H8/c50-49-48(51-37-21-9-3-10-22-37)47-45(54(49)38-23-11-4-12-24-38)29-28-44-46(47)40-26-13-14-27-43(40)53(44)39-25-15-20-35(30-39)42-32-36(33-16-5-1-6-17-33)31-41(52-42)34-18-7-2-8-19-34;1-7-5-3-2-4-6-7/h1-32,51H,50H2;2-6H,1H3. The molecule has 0 radical (unpaired) electrons. The van der Waals surface area contributed by atoms with Gasteiger partial charge in [-0.1, -0.05) is 163 Å². The number of benzene rings is 8. The predicted octanol–water partition coefficient (Wildman–Crippen LogP) is 14.4. The van der Waals surface area contributed by atoms with Gasteiger partial charge in [-0.15, -0.1) is 0 Å². The van der Waals surface area contributed by atoms with Crippen molar-refractivity contribution in [2.24, 2.45) is 0 Å². The number of hydrogen-bond acceptors (Lipinski definition) is 3. The van der Waals surface area contributed by atoms with Crippen molar-refractivity contribution in [1.82, 2.24) is 14.1 Å². The van der Waals surface area contributed by atoms with Gasteiger partial charge in [-0.25, -0.2) is 4.98 Å². The van der Waals surface area contributed by atoms with Gasteiger partial charge in [0.1, 0.15) is 5.82 Å². The Morgan fingerprint density at radius 2 is 0.934 bits per heavy atom. The largest absolute Gasteiger partial charge is 0.383 e. The van der Waals surface area contributed by atoms with Crippen LogP contribution in [0.15, 0.2) is 224 Å². The van der Waals surface area contributed by atoms with E-state index in [0.717, 1.165) is 89.1 Å². The average Bonchev–Trinajstić information content (AvgIpc) is 3.81. The minimum Gasteiger partial charge on any atom is -0.383 e. The molecular formula is C56H43N5. The molecular weight excluding hydrogens is 743 g/mol. The van der Waals surface area contributed by atoms with Crippen molar-refractivity contribution < 1.29 is 0 Å². The molecule has 0 saturated carbocycles. The Morgan fingerprint density at radius 1 is 0.410 bits per heavy atom. The summed E-state index contributed by atoms with van der Waals surface area (Å²) in [5.41, 5.74) is 21.9. The molecule has 292 valence electrons. The lowest BCUT2D eigenvalue weighted by molar-refractivity contribution is 1.14. The Kier molecular flexibility index (Phi) is 9.89. The second kappa shape index (κ2) is 16.2. The van der Waals surface area contributed by atoms with Crippen LogP contribution in [0.2, 0.25) is 0 Å². The lowest BCUT2D eigenvalue weighted by Gasteiger charge is -2.13. The number of nitrogens with zero attached hydrogens (tertiary/aromatic N) is 3. The number of nitrogens with two attached hydrogens (primary N) is 1. The highest BCUT2D eigenvalue weighted by Crippen LogP contribution is 2.45. The first-order valence-corrected chi connectivity index (χ1v) is 20.6.